The first-order valence-electron chi connectivity index (χ1n) is 10.4. The molecule has 3 heterocycles. The molecule has 1 atom stereocenters. The number of nitrogens with zero attached hydrogens (tertiary/aromatic N) is 2. The molecule has 1 aliphatic rings. The predicted octanol–water partition coefficient (Wildman–Crippen LogP) is 5.12. The minimum absolute atomic E-state index is 0.0380. The lowest BCUT2D eigenvalue weighted by Crippen LogP contribution is -2.29. The zero-order valence-electron chi connectivity index (χ0n) is 18.3. The van der Waals surface area contributed by atoms with Crippen molar-refractivity contribution >= 4 is 55.2 Å². The fraction of sp³-hybridized carbons (Fsp3) is 0.120. The number of thiazole rings is 1. The molecule has 0 fully saturated rings. The van der Waals surface area contributed by atoms with Crippen molar-refractivity contribution in [1.29, 1.82) is 0 Å². The van der Waals surface area contributed by atoms with E-state index < -0.39 is 17.9 Å². The fourth-order valence-electron chi connectivity index (χ4n) is 3.99. The predicted molar refractivity (Wildman–Crippen MR) is 134 cm³/mol. The first kappa shape index (κ1) is 23.0. The molecule has 0 saturated carbocycles. The molecule has 1 amide bonds. The van der Waals surface area contributed by atoms with Crippen LogP contribution in [0.2, 0.25) is 0 Å². The molecule has 176 valence electrons. The Morgan fingerprint density at radius 1 is 1.29 bits per heavy atom. The molecule has 4 aromatic rings. The van der Waals surface area contributed by atoms with Gasteiger partial charge in [0.25, 0.3) is 5.91 Å². The van der Waals surface area contributed by atoms with Crippen LogP contribution in [0.3, 0.4) is 0 Å². The number of aromatic nitrogens is 1. The zero-order chi connectivity index (χ0) is 24.9. The number of aromatic hydroxyl groups is 1. The number of anilines is 1. The fourth-order valence-corrected chi connectivity index (χ4v) is 5.34. The Labute approximate surface area is 211 Å². The van der Waals surface area contributed by atoms with Crippen molar-refractivity contribution in [2.45, 2.75) is 13.0 Å². The molecule has 1 N–H and O–H groups in total. The summed E-state index contributed by atoms with van der Waals surface area (Å²) in [7, 11) is 0. The van der Waals surface area contributed by atoms with Crippen LogP contribution in [0, 0.1) is 6.92 Å². The van der Waals surface area contributed by atoms with Gasteiger partial charge in [0.2, 0.25) is 5.76 Å². The van der Waals surface area contributed by atoms with Crippen LogP contribution in [-0.4, -0.2) is 28.6 Å². The third-order valence-electron chi connectivity index (χ3n) is 5.55. The molecule has 0 bridgehead atoms. The van der Waals surface area contributed by atoms with Gasteiger partial charge in [0.1, 0.15) is 22.8 Å². The monoisotopic (exact) mass is 552 g/mol. The van der Waals surface area contributed by atoms with Crippen molar-refractivity contribution in [2.24, 2.45) is 0 Å². The Hall–Kier alpha value is -3.76. The van der Waals surface area contributed by atoms with Crippen LogP contribution >= 0.6 is 27.3 Å². The number of phenolic OH excluding ortho intramolecular Hbond substituents is 1. The number of amides is 1. The number of aryl methyl sites for hydroxylation is 1. The Morgan fingerprint density at radius 3 is 2.74 bits per heavy atom. The molecule has 2 aromatic carbocycles. The van der Waals surface area contributed by atoms with Crippen LogP contribution in [0.25, 0.3) is 11.0 Å². The van der Waals surface area contributed by atoms with Crippen molar-refractivity contribution in [3.63, 3.8) is 0 Å². The van der Waals surface area contributed by atoms with Gasteiger partial charge in [-0.1, -0.05) is 52.1 Å². The molecule has 1 unspecified atom stereocenters. The molecular formula is C25H17BrN2O6S. The summed E-state index contributed by atoms with van der Waals surface area (Å²) < 4.78 is 11.8. The van der Waals surface area contributed by atoms with Gasteiger partial charge in [0.15, 0.2) is 10.6 Å². The van der Waals surface area contributed by atoms with E-state index in [4.69, 9.17) is 9.15 Å². The highest BCUT2D eigenvalue weighted by molar-refractivity contribution is 9.10. The van der Waals surface area contributed by atoms with Crippen LogP contribution in [-0.2, 0) is 4.74 Å². The largest absolute Gasteiger partial charge is 0.508 e. The van der Waals surface area contributed by atoms with E-state index in [1.54, 1.807) is 37.3 Å². The number of ether oxygens (including phenoxy) is 1. The summed E-state index contributed by atoms with van der Waals surface area (Å²) in [5.74, 6) is -1.19. The Bertz CT molecular complexity index is 1570. The molecule has 0 aliphatic carbocycles. The number of esters is 1. The van der Waals surface area contributed by atoms with Gasteiger partial charge >= 0.3 is 5.97 Å². The summed E-state index contributed by atoms with van der Waals surface area (Å²) in [4.78, 5) is 45.8. The number of halogens is 1. The summed E-state index contributed by atoms with van der Waals surface area (Å²) in [6.45, 7) is 5.21. The maximum Gasteiger partial charge on any atom is 0.350 e. The summed E-state index contributed by atoms with van der Waals surface area (Å²) in [6.07, 6.45) is 1.46. The second-order valence-corrected chi connectivity index (χ2v) is 9.67. The lowest BCUT2D eigenvalue weighted by atomic mass is 9.98. The van der Waals surface area contributed by atoms with E-state index in [2.05, 4.69) is 27.5 Å². The van der Waals surface area contributed by atoms with Crippen LogP contribution in [0.15, 0.2) is 68.8 Å². The van der Waals surface area contributed by atoms with Crippen LogP contribution in [0.1, 0.15) is 43.1 Å². The average molecular weight is 553 g/mol. The van der Waals surface area contributed by atoms with Crippen LogP contribution in [0.4, 0.5) is 5.13 Å². The van der Waals surface area contributed by atoms with Gasteiger partial charge in [-0.05, 0) is 42.8 Å². The number of hydrogen-bond acceptors (Lipinski definition) is 8. The zero-order valence-corrected chi connectivity index (χ0v) is 20.7. The average Bonchev–Trinajstić information content (AvgIpc) is 3.36. The lowest BCUT2D eigenvalue weighted by Gasteiger charge is -2.22. The van der Waals surface area contributed by atoms with Gasteiger partial charge in [-0.2, -0.15) is 0 Å². The number of rotatable bonds is 5. The highest BCUT2D eigenvalue weighted by Gasteiger charge is 2.45. The molecular weight excluding hydrogens is 536 g/mol. The van der Waals surface area contributed by atoms with Gasteiger partial charge in [-0.25, -0.2) is 9.78 Å². The van der Waals surface area contributed by atoms with E-state index >= 15 is 0 Å². The summed E-state index contributed by atoms with van der Waals surface area (Å²) in [5.41, 5.74) is 1.05. The molecule has 8 nitrogen and oxygen atoms in total. The third-order valence-corrected chi connectivity index (χ3v) is 7.18. The number of fused-ring (bicyclic) bond motifs is 2. The molecule has 5 rings (SSSR count). The molecule has 10 heteroatoms. The van der Waals surface area contributed by atoms with Crippen molar-refractivity contribution in [3.05, 3.63) is 97.3 Å². The van der Waals surface area contributed by atoms with Crippen molar-refractivity contribution in [3.8, 4) is 5.75 Å². The van der Waals surface area contributed by atoms with Crippen molar-refractivity contribution in [2.75, 3.05) is 11.5 Å². The van der Waals surface area contributed by atoms with Gasteiger partial charge in [-0.3, -0.25) is 14.5 Å². The SMILES string of the molecule is C=CCOC(=O)c1sc(N2C(=O)c3oc4ccc(Br)cc4c(=O)c3C2c2ccc(O)cc2)nc1C. The maximum atomic E-state index is 13.6. The molecule has 35 heavy (non-hydrogen) atoms. The molecule has 2 aromatic heterocycles. The molecule has 0 radical (unpaired) electrons. The number of phenols is 1. The van der Waals surface area contributed by atoms with Crippen LogP contribution in [0.5, 0.6) is 5.75 Å². The van der Waals surface area contributed by atoms with Gasteiger partial charge in [0, 0.05) is 4.47 Å². The molecule has 0 saturated heterocycles. The van der Waals surface area contributed by atoms with E-state index in [0.29, 0.717) is 21.1 Å². The first-order chi connectivity index (χ1) is 16.8. The maximum absolute atomic E-state index is 13.6. The quantitative estimate of drug-likeness (QED) is 0.270. The van der Waals surface area contributed by atoms with Gasteiger partial charge in [-0.15, -0.1) is 0 Å². The van der Waals surface area contributed by atoms with Crippen molar-refractivity contribution < 1.29 is 23.8 Å². The van der Waals surface area contributed by atoms with Crippen molar-refractivity contribution in [1.82, 2.24) is 4.98 Å². The van der Waals surface area contributed by atoms with E-state index in [1.807, 2.05) is 0 Å². The highest BCUT2D eigenvalue weighted by Crippen LogP contribution is 2.43. The summed E-state index contributed by atoms with van der Waals surface area (Å²) in [6, 6.07) is 10.3. The first-order valence-corrected chi connectivity index (χ1v) is 12.0. The Morgan fingerprint density at radius 2 is 2.03 bits per heavy atom. The number of carbonyl (C=O) groups is 2. The van der Waals surface area contributed by atoms with E-state index in [0.717, 1.165) is 11.3 Å². The topological polar surface area (TPSA) is 110 Å². The highest BCUT2D eigenvalue weighted by atomic mass is 79.9. The lowest BCUT2D eigenvalue weighted by molar-refractivity contribution is 0.0554. The summed E-state index contributed by atoms with van der Waals surface area (Å²) >= 11 is 4.36. The van der Waals surface area contributed by atoms with E-state index in [1.165, 1.54) is 23.1 Å². The normalized spacial score (nSPS) is 14.9. The Kier molecular flexibility index (Phi) is 5.78. The minimum atomic E-state index is -0.875. The van der Waals surface area contributed by atoms with Gasteiger partial charge in [0.05, 0.1) is 22.7 Å². The molecule has 0 spiro atoms. The number of benzene rings is 2. The second-order valence-electron chi connectivity index (χ2n) is 7.78. The third kappa shape index (κ3) is 3.84. The van der Waals surface area contributed by atoms with Gasteiger partial charge < -0.3 is 14.3 Å². The standard InChI is InChI=1S/C25H17BrN2O6S/c1-3-10-33-24(32)22-12(2)27-25(35-22)28-19(13-4-7-15(29)8-5-13)18-20(30)16-11-14(26)6-9-17(16)34-21(18)23(28)31/h3-9,11,19,29H,1,10H2,2H3. The summed E-state index contributed by atoms with van der Waals surface area (Å²) in [5, 5.41) is 10.3. The number of hydrogen-bond donors (Lipinski definition) is 1. The molecule has 1 aliphatic heterocycles. The smallest absolute Gasteiger partial charge is 0.350 e. The number of carbonyl (C=O) groups excluding carboxylic acids is 2. The van der Waals surface area contributed by atoms with Crippen LogP contribution < -0.4 is 10.3 Å². The Balaban J connectivity index is 1.72. The second kappa shape index (κ2) is 8.79. The van der Waals surface area contributed by atoms with E-state index in [9.17, 15) is 19.5 Å². The van der Waals surface area contributed by atoms with E-state index in [-0.39, 0.29) is 44.7 Å². The minimum Gasteiger partial charge on any atom is -0.508 e.